The lowest BCUT2D eigenvalue weighted by Crippen LogP contribution is -2.32. The molecule has 0 aliphatic heterocycles. The number of aromatic carboxylic acids is 1. The molecule has 6 heteroatoms. The average molecular weight is 332 g/mol. The highest BCUT2D eigenvalue weighted by molar-refractivity contribution is 5.94. The van der Waals surface area contributed by atoms with Gasteiger partial charge in [-0.15, -0.1) is 0 Å². The number of anilines is 1. The second kappa shape index (κ2) is 7.47. The molecular formula is C18H24N2O4. The number of carboxylic acid groups (broad SMARTS) is 1. The molecule has 130 valence electrons. The van der Waals surface area contributed by atoms with Gasteiger partial charge >= 0.3 is 5.97 Å². The summed E-state index contributed by atoms with van der Waals surface area (Å²) in [5.41, 5.74) is 0.314. The van der Waals surface area contributed by atoms with Gasteiger partial charge < -0.3 is 15.3 Å². The summed E-state index contributed by atoms with van der Waals surface area (Å²) in [5.74, 6) is -1.17. The first-order valence-corrected chi connectivity index (χ1v) is 8.15. The molecule has 0 spiro atoms. The van der Waals surface area contributed by atoms with Crippen molar-refractivity contribution in [2.24, 2.45) is 5.41 Å². The van der Waals surface area contributed by atoms with Crippen molar-refractivity contribution in [3.63, 3.8) is 0 Å². The summed E-state index contributed by atoms with van der Waals surface area (Å²) < 4.78 is 0. The minimum Gasteiger partial charge on any atom is -0.478 e. The Morgan fingerprint density at radius 3 is 2.42 bits per heavy atom. The van der Waals surface area contributed by atoms with Crippen molar-refractivity contribution in [3.05, 3.63) is 29.8 Å². The van der Waals surface area contributed by atoms with Crippen LogP contribution in [0.5, 0.6) is 0 Å². The van der Waals surface area contributed by atoms with E-state index in [1.807, 2.05) is 0 Å². The van der Waals surface area contributed by atoms with E-state index in [1.165, 1.54) is 12.1 Å². The van der Waals surface area contributed by atoms with Gasteiger partial charge in [0.1, 0.15) is 0 Å². The summed E-state index contributed by atoms with van der Waals surface area (Å²) >= 11 is 0. The maximum absolute atomic E-state index is 12.4. The van der Waals surface area contributed by atoms with Crippen LogP contribution in [0.4, 0.5) is 5.69 Å². The van der Waals surface area contributed by atoms with E-state index in [-0.39, 0.29) is 29.2 Å². The fourth-order valence-corrected chi connectivity index (χ4v) is 3.30. The highest BCUT2D eigenvalue weighted by Crippen LogP contribution is 2.44. The summed E-state index contributed by atoms with van der Waals surface area (Å²) in [7, 11) is 3.45. The van der Waals surface area contributed by atoms with Crippen LogP contribution in [0, 0.1) is 5.41 Å². The second-order valence-corrected chi connectivity index (χ2v) is 6.78. The smallest absolute Gasteiger partial charge is 0.335 e. The molecule has 1 fully saturated rings. The molecular weight excluding hydrogens is 308 g/mol. The van der Waals surface area contributed by atoms with Crippen LogP contribution >= 0.6 is 0 Å². The third-order valence-corrected chi connectivity index (χ3v) is 4.62. The Balaban J connectivity index is 2.04. The number of nitrogens with zero attached hydrogens (tertiary/aromatic N) is 1. The largest absolute Gasteiger partial charge is 0.478 e. The molecule has 1 aliphatic rings. The number of carbonyl (C=O) groups excluding carboxylic acids is 2. The fourth-order valence-electron chi connectivity index (χ4n) is 3.30. The first-order chi connectivity index (χ1) is 11.3. The summed E-state index contributed by atoms with van der Waals surface area (Å²) in [5, 5.41) is 11.8. The quantitative estimate of drug-likeness (QED) is 0.838. The number of nitrogens with one attached hydrogen (secondary N) is 1. The Morgan fingerprint density at radius 2 is 1.83 bits per heavy atom. The molecule has 24 heavy (non-hydrogen) atoms. The predicted molar refractivity (Wildman–Crippen MR) is 90.9 cm³/mol. The summed E-state index contributed by atoms with van der Waals surface area (Å²) in [6, 6.07) is 6.18. The second-order valence-electron chi connectivity index (χ2n) is 6.78. The number of hydrogen-bond donors (Lipinski definition) is 2. The van der Waals surface area contributed by atoms with Crippen LogP contribution in [-0.4, -0.2) is 41.9 Å². The molecule has 0 heterocycles. The first-order valence-electron chi connectivity index (χ1n) is 8.15. The molecule has 0 unspecified atom stereocenters. The number of benzene rings is 1. The summed E-state index contributed by atoms with van der Waals surface area (Å²) in [4.78, 5) is 37.1. The van der Waals surface area contributed by atoms with E-state index in [0.717, 1.165) is 25.7 Å². The van der Waals surface area contributed by atoms with Gasteiger partial charge in [0.2, 0.25) is 11.8 Å². The van der Waals surface area contributed by atoms with Crippen molar-refractivity contribution in [1.29, 1.82) is 0 Å². The van der Waals surface area contributed by atoms with E-state index in [2.05, 4.69) is 5.32 Å². The van der Waals surface area contributed by atoms with Gasteiger partial charge in [-0.05, 0) is 36.5 Å². The van der Waals surface area contributed by atoms with Gasteiger partial charge in [0.05, 0.1) is 5.56 Å². The molecule has 1 saturated carbocycles. The van der Waals surface area contributed by atoms with Crippen LogP contribution in [0.15, 0.2) is 24.3 Å². The first kappa shape index (κ1) is 18.0. The Bertz CT molecular complexity index is 634. The third-order valence-electron chi connectivity index (χ3n) is 4.62. The molecule has 0 radical (unpaired) electrons. The van der Waals surface area contributed by atoms with E-state index < -0.39 is 5.97 Å². The van der Waals surface area contributed by atoms with Crippen LogP contribution in [-0.2, 0) is 9.59 Å². The van der Waals surface area contributed by atoms with Gasteiger partial charge in [-0.1, -0.05) is 18.9 Å². The standard InChI is InChI=1S/C18H24N2O4/c1-20(2)16(22)12-18(8-3-4-9-18)11-15(21)19-14-7-5-6-13(10-14)17(23)24/h5-7,10H,3-4,8-9,11-12H2,1-2H3,(H,19,21)(H,23,24). The Kier molecular flexibility index (Phi) is 5.59. The van der Waals surface area contributed by atoms with Crippen molar-refractivity contribution < 1.29 is 19.5 Å². The molecule has 0 atom stereocenters. The van der Waals surface area contributed by atoms with E-state index >= 15 is 0 Å². The molecule has 1 aliphatic carbocycles. The maximum Gasteiger partial charge on any atom is 0.335 e. The predicted octanol–water partition coefficient (Wildman–Crippen LogP) is 2.75. The SMILES string of the molecule is CN(C)C(=O)CC1(CC(=O)Nc2cccc(C(=O)O)c2)CCCC1. The van der Waals surface area contributed by atoms with Gasteiger partial charge in [-0.3, -0.25) is 9.59 Å². The van der Waals surface area contributed by atoms with Gasteiger partial charge in [0, 0.05) is 32.6 Å². The van der Waals surface area contributed by atoms with Crippen LogP contribution in [0.25, 0.3) is 0 Å². The van der Waals surface area contributed by atoms with Crippen LogP contribution < -0.4 is 5.32 Å². The number of carboxylic acids is 1. The van der Waals surface area contributed by atoms with Crippen molar-refractivity contribution in [1.82, 2.24) is 4.90 Å². The monoisotopic (exact) mass is 332 g/mol. The van der Waals surface area contributed by atoms with Gasteiger partial charge in [-0.2, -0.15) is 0 Å². The Labute approximate surface area is 141 Å². The highest BCUT2D eigenvalue weighted by Gasteiger charge is 2.38. The van der Waals surface area contributed by atoms with Gasteiger partial charge in [0.15, 0.2) is 0 Å². The number of hydrogen-bond acceptors (Lipinski definition) is 3. The minimum absolute atomic E-state index is 0.0394. The topological polar surface area (TPSA) is 86.7 Å². The zero-order valence-corrected chi connectivity index (χ0v) is 14.2. The van der Waals surface area contributed by atoms with Crippen molar-refractivity contribution in [2.75, 3.05) is 19.4 Å². The fraction of sp³-hybridized carbons (Fsp3) is 0.500. The molecule has 0 aromatic heterocycles. The Morgan fingerprint density at radius 1 is 1.17 bits per heavy atom. The maximum atomic E-state index is 12.4. The van der Waals surface area contributed by atoms with E-state index in [4.69, 9.17) is 5.11 Å². The molecule has 1 aromatic rings. The van der Waals surface area contributed by atoms with E-state index in [1.54, 1.807) is 31.1 Å². The molecule has 2 N–H and O–H groups in total. The van der Waals surface area contributed by atoms with E-state index in [0.29, 0.717) is 12.1 Å². The van der Waals surface area contributed by atoms with Crippen LogP contribution in [0.3, 0.4) is 0 Å². The van der Waals surface area contributed by atoms with E-state index in [9.17, 15) is 14.4 Å². The normalized spacial score (nSPS) is 15.8. The van der Waals surface area contributed by atoms with Crippen LogP contribution in [0.1, 0.15) is 48.9 Å². The molecule has 0 saturated heterocycles. The lowest BCUT2D eigenvalue weighted by Gasteiger charge is -2.29. The zero-order valence-electron chi connectivity index (χ0n) is 14.2. The lowest BCUT2D eigenvalue weighted by molar-refractivity contribution is -0.131. The average Bonchev–Trinajstić information content (AvgIpc) is 2.95. The van der Waals surface area contributed by atoms with Gasteiger partial charge in [0.25, 0.3) is 0 Å². The van der Waals surface area contributed by atoms with Crippen molar-refractivity contribution in [3.8, 4) is 0 Å². The summed E-state index contributed by atoms with van der Waals surface area (Å²) in [6.45, 7) is 0. The molecule has 6 nitrogen and oxygen atoms in total. The number of rotatable bonds is 6. The summed E-state index contributed by atoms with van der Waals surface area (Å²) in [6.07, 6.45) is 4.46. The molecule has 0 bridgehead atoms. The highest BCUT2D eigenvalue weighted by atomic mass is 16.4. The number of amides is 2. The van der Waals surface area contributed by atoms with Crippen molar-refractivity contribution in [2.45, 2.75) is 38.5 Å². The van der Waals surface area contributed by atoms with Crippen LogP contribution in [0.2, 0.25) is 0 Å². The minimum atomic E-state index is -1.03. The lowest BCUT2D eigenvalue weighted by atomic mass is 9.78. The molecule has 2 rings (SSSR count). The number of carbonyl (C=O) groups is 3. The zero-order chi connectivity index (χ0) is 17.7. The molecule has 2 amide bonds. The third kappa shape index (κ3) is 4.57. The van der Waals surface area contributed by atoms with Gasteiger partial charge in [-0.25, -0.2) is 4.79 Å². The van der Waals surface area contributed by atoms with Crippen molar-refractivity contribution >= 4 is 23.5 Å². The Hall–Kier alpha value is -2.37. The molecule has 1 aromatic carbocycles.